The van der Waals surface area contributed by atoms with Gasteiger partial charge in [0, 0.05) is 6.42 Å². The molecule has 42 heavy (non-hydrogen) atoms. The highest BCUT2D eigenvalue weighted by molar-refractivity contribution is 5.88. The van der Waals surface area contributed by atoms with Gasteiger partial charge in [-0.2, -0.15) is 13.2 Å². The smallest absolute Gasteiger partial charge is 0.425 e. The minimum absolute atomic E-state index is 0.0743. The molecule has 0 heterocycles. The van der Waals surface area contributed by atoms with E-state index in [4.69, 9.17) is 4.74 Å². The molecule has 2 rings (SSSR count). The first-order chi connectivity index (χ1) is 19.0. The van der Waals surface area contributed by atoms with E-state index in [2.05, 4.69) is 63.6 Å². The molecule has 3 unspecified atom stereocenters. The van der Waals surface area contributed by atoms with Gasteiger partial charge in [0.1, 0.15) is 0 Å². The summed E-state index contributed by atoms with van der Waals surface area (Å²) in [6.45, 7) is 22.6. The maximum absolute atomic E-state index is 12.0. The zero-order chi connectivity index (χ0) is 33.1. The molecular weight excluding hydrogens is 545 g/mol. The van der Waals surface area contributed by atoms with Gasteiger partial charge >= 0.3 is 18.1 Å². The Hall–Kier alpha value is -2.38. The third-order valence-electron chi connectivity index (χ3n) is 8.07. The third kappa shape index (κ3) is 13.3. The van der Waals surface area contributed by atoms with Gasteiger partial charge in [-0.3, -0.25) is 14.4 Å². The number of rotatable bonds is 8. The van der Waals surface area contributed by atoms with E-state index in [0.29, 0.717) is 25.2 Å². The van der Waals surface area contributed by atoms with Crippen LogP contribution in [0.15, 0.2) is 24.3 Å². The Kier molecular flexibility index (Phi) is 15.5. The van der Waals surface area contributed by atoms with Gasteiger partial charge in [0.15, 0.2) is 18.0 Å². The molecule has 0 saturated heterocycles. The number of benzene rings is 1. The highest BCUT2D eigenvalue weighted by atomic mass is 19.4. The SMILES string of the molecule is CCC(C)(C)C(=O)OC(C)C(F)(F)F.CCC(C)(C)C(=O)OC1CCCC1=O.CCC(C)c1ccc(C(C)(C)C)cc1. The number of halogens is 3. The van der Waals surface area contributed by atoms with E-state index < -0.39 is 35.2 Å². The van der Waals surface area contributed by atoms with Crippen LogP contribution in [0.4, 0.5) is 13.2 Å². The summed E-state index contributed by atoms with van der Waals surface area (Å²) in [5, 5.41) is 0. The fraction of sp³-hybridized carbons (Fsp3) is 0.735. The quantitative estimate of drug-likeness (QED) is 0.278. The molecule has 242 valence electrons. The van der Waals surface area contributed by atoms with E-state index in [9.17, 15) is 27.6 Å². The Morgan fingerprint density at radius 1 is 0.857 bits per heavy atom. The van der Waals surface area contributed by atoms with E-state index in [-0.39, 0.29) is 17.2 Å². The molecule has 1 aliphatic carbocycles. The molecule has 0 aliphatic heterocycles. The van der Waals surface area contributed by atoms with E-state index in [1.807, 2.05) is 20.8 Å². The van der Waals surface area contributed by atoms with E-state index in [1.54, 1.807) is 20.8 Å². The van der Waals surface area contributed by atoms with Crippen molar-refractivity contribution in [3.05, 3.63) is 35.4 Å². The number of alkyl halides is 3. The highest BCUT2D eigenvalue weighted by Gasteiger charge is 2.41. The second-order valence-electron chi connectivity index (χ2n) is 13.5. The largest absolute Gasteiger partial charge is 0.454 e. The average Bonchev–Trinajstić information content (AvgIpc) is 3.31. The van der Waals surface area contributed by atoms with Crippen molar-refractivity contribution in [2.75, 3.05) is 0 Å². The van der Waals surface area contributed by atoms with Crippen molar-refractivity contribution in [3.63, 3.8) is 0 Å². The van der Waals surface area contributed by atoms with Crippen molar-refractivity contribution < 1.29 is 37.0 Å². The number of ketones is 1. The topological polar surface area (TPSA) is 69.7 Å². The summed E-state index contributed by atoms with van der Waals surface area (Å²) >= 11 is 0. The van der Waals surface area contributed by atoms with Crippen molar-refractivity contribution >= 4 is 17.7 Å². The summed E-state index contributed by atoms with van der Waals surface area (Å²) in [5.41, 5.74) is 1.82. The molecule has 0 bridgehead atoms. The van der Waals surface area contributed by atoms with Crippen molar-refractivity contribution in [2.45, 2.75) is 151 Å². The highest BCUT2D eigenvalue weighted by Crippen LogP contribution is 2.28. The lowest BCUT2D eigenvalue weighted by molar-refractivity contribution is -0.221. The summed E-state index contributed by atoms with van der Waals surface area (Å²) in [5.74, 6) is -0.306. The molecule has 1 saturated carbocycles. The number of hydrogen-bond donors (Lipinski definition) is 0. The Morgan fingerprint density at radius 2 is 1.33 bits per heavy atom. The molecule has 1 aromatic rings. The van der Waals surface area contributed by atoms with Crippen molar-refractivity contribution in [2.24, 2.45) is 10.8 Å². The lowest BCUT2D eigenvalue weighted by atomic mass is 9.85. The van der Waals surface area contributed by atoms with Crippen LogP contribution in [0.3, 0.4) is 0 Å². The summed E-state index contributed by atoms with van der Waals surface area (Å²) in [6, 6.07) is 9.08. The average molecular weight is 601 g/mol. The van der Waals surface area contributed by atoms with Crippen molar-refractivity contribution in [1.82, 2.24) is 0 Å². The second kappa shape index (κ2) is 16.5. The Bertz CT molecular complexity index is 988. The van der Waals surface area contributed by atoms with Crippen LogP contribution in [0, 0.1) is 10.8 Å². The van der Waals surface area contributed by atoms with Crippen LogP contribution in [0.5, 0.6) is 0 Å². The molecule has 1 aromatic carbocycles. The van der Waals surface area contributed by atoms with Gasteiger partial charge in [-0.15, -0.1) is 0 Å². The zero-order valence-electron chi connectivity index (χ0n) is 28.0. The van der Waals surface area contributed by atoms with Gasteiger partial charge in [0.05, 0.1) is 10.8 Å². The molecule has 3 atom stereocenters. The molecule has 0 aromatic heterocycles. The first kappa shape index (κ1) is 39.6. The van der Waals surface area contributed by atoms with Gasteiger partial charge in [0.25, 0.3) is 0 Å². The molecule has 0 spiro atoms. The molecule has 1 aliphatic rings. The molecule has 0 N–H and O–H groups in total. The monoisotopic (exact) mass is 600 g/mol. The normalized spacial score (nSPS) is 17.2. The minimum Gasteiger partial charge on any atom is -0.454 e. The molecule has 1 fully saturated rings. The first-order valence-corrected chi connectivity index (χ1v) is 15.1. The fourth-order valence-corrected chi connectivity index (χ4v) is 3.42. The Balaban J connectivity index is 0.000000600. The number of carbonyl (C=O) groups excluding carboxylic acids is 3. The zero-order valence-corrected chi connectivity index (χ0v) is 28.0. The maximum atomic E-state index is 12.0. The number of carbonyl (C=O) groups is 3. The van der Waals surface area contributed by atoms with E-state index in [1.165, 1.54) is 17.5 Å². The summed E-state index contributed by atoms with van der Waals surface area (Å²) < 4.78 is 45.6. The van der Waals surface area contributed by atoms with Crippen molar-refractivity contribution in [1.29, 1.82) is 0 Å². The number of ether oxygens (including phenoxy) is 2. The lowest BCUT2D eigenvalue weighted by Crippen LogP contribution is -2.36. The van der Waals surface area contributed by atoms with Crippen LogP contribution in [0.1, 0.15) is 139 Å². The summed E-state index contributed by atoms with van der Waals surface area (Å²) in [6.07, 6.45) is -2.50. The minimum atomic E-state index is -4.49. The molecular formula is C34H55F3O5. The molecule has 0 amide bonds. The van der Waals surface area contributed by atoms with Gasteiger partial charge in [0.2, 0.25) is 0 Å². The van der Waals surface area contributed by atoms with Gasteiger partial charge < -0.3 is 9.47 Å². The van der Waals surface area contributed by atoms with Crippen LogP contribution in [-0.2, 0) is 29.3 Å². The molecule has 8 heteroatoms. The van der Waals surface area contributed by atoms with Gasteiger partial charge in [-0.05, 0) is 89.2 Å². The van der Waals surface area contributed by atoms with Crippen LogP contribution >= 0.6 is 0 Å². The van der Waals surface area contributed by atoms with Gasteiger partial charge in [-0.25, -0.2) is 0 Å². The maximum Gasteiger partial charge on any atom is 0.425 e. The van der Waals surface area contributed by atoms with Gasteiger partial charge in [-0.1, -0.05) is 72.7 Å². The number of hydrogen-bond acceptors (Lipinski definition) is 5. The van der Waals surface area contributed by atoms with Crippen molar-refractivity contribution in [3.8, 4) is 0 Å². The Morgan fingerprint density at radius 3 is 1.69 bits per heavy atom. The second-order valence-corrected chi connectivity index (χ2v) is 13.5. The predicted octanol–water partition coefficient (Wildman–Crippen LogP) is 9.50. The molecule has 0 radical (unpaired) electrons. The molecule has 5 nitrogen and oxygen atoms in total. The number of esters is 2. The first-order valence-electron chi connectivity index (χ1n) is 15.1. The summed E-state index contributed by atoms with van der Waals surface area (Å²) in [7, 11) is 0. The van der Waals surface area contributed by atoms with Crippen LogP contribution in [0.2, 0.25) is 0 Å². The summed E-state index contributed by atoms with van der Waals surface area (Å²) in [4.78, 5) is 34.1. The fourth-order valence-electron chi connectivity index (χ4n) is 3.42. The number of Topliss-reactive ketones (excluding diaryl/α,β-unsaturated/α-hetero) is 1. The standard InChI is InChI=1S/C14H22.C11H18O3.C9H15F3O2/c1-6-11(2)12-7-9-13(10-8-12)14(3,4)5;1-4-11(2,3)10(13)14-9-7-5-6-8(9)12;1-5-8(3,4)7(13)14-6(2)9(10,11)12/h7-11H,6H2,1-5H3;9H,4-7H2,1-3H3;6H,5H2,1-4H3. The predicted molar refractivity (Wildman–Crippen MR) is 162 cm³/mol. The van der Waals surface area contributed by atoms with E-state index in [0.717, 1.165) is 19.8 Å². The van der Waals surface area contributed by atoms with E-state index >= 15 is 0 Å². The van der Waals surface area contributed by atoms with Crippen LogP contribution in [-0.4, -0.2) is 36.1 Å². The Labute approximate surface area is 252 Å². The lowest BCUT2D eigenvalue weighted by Gasteiger charge is -2.24. The van der Waals surface area contributed by atoms with Crippen LogP contribution < -0.4 is 0 Å². The third-order valence-corrected chi connectivity index (χ3v) is 8.07. The van der Waals surface area contributed by atoms with Crippen LogP contribution in [0.25, 0.3) is 0 Å².